The predicted octanol–water partition coefficient (Wildman–Crippen LogP) is 13.2. The van der Waals surface area contributed by atoms with Gasteiger partial charge in [0.05, 0.1) is 5.69 Å². The van der Waals surface area contributed by atoms with Crippen molar-refractivity contribution in [2.24, 2.45) is 0 Å². The molecule has 0 amide bonds. The molecule has 0 atom stereocenters. The third kappa shape index (κ3) is 4.54. The number of nitrogens with zero attached hydrogens (tertiary/aromatic N) is 1. The van der Waals surface area contributed by atoms with Crippen molar-refractivity contribution in [1.29, 1.82) is 0 Å². The highest BCUT2D eigenvalue weighted by Crippen LogP contribution is 2.43. The molecule has 9 rings (SSSR count). The lowest BCUT2D eigenvalue weighted by atomic mass is 9.95. The molecule has 0 aliphatic rings. The summed E-state index contributed by atoms with van der Waals surface area (Å²) < 4.78 is 2.62. The molecule has 1 heterocycles. The minimum atomic E-state index is 1.13. The van der Waals surface area contributed by atoms with Gasteiger partial charge in [-0.2, -0.15) is 0 Å². The van der Waals surface area contributed by atoms with E-state index in [1.54, 1.807) is 0 Å². The Balaban J connectivity index is 1.16. The van der Waals surface area contributed by atoms with Crippen LogP contribution in [0.25, 0.3) is 64.0 Å². The van der Waals surface area contributed by atoms with E-state index in [0.29, 0.717) is 0 Å². The number of hydrogen-bond donors (Lipinski definition) is 0. The van der Waals surface area contributed by atoms with Gasteiger partial charge in [-0.1, -0.05) is 133 Å². The Morgan fingerprint density at radius 2 is 0.957 bits per heavy atom. The van der Waals surface area contributed by atoms with E-state index < -0.39 is 0 Å². The second kappa shape index (κ2) is 11.0. The predicted molar refractivity (Wildman–Crippen MR) is 200 cm³/mol. The van der Waals surface area contributed by atoms with E-state index in [9.17, 15) is 0 Å². The summed E-state index contributed by atoms with van der Waals surface area (Å²) in [5.74, 6) is 0. The summed E-state index contributed by atoms with van der Waals surface area (Å²) in [7, 11) is 0. The molecule has 0 N–H and O–H groups in total. The lowest BCUT2D eigenvalue weighted by Crippen LogP contribution is -2.10. The van der Waals surface area contributed by atoms with Crippen LogP contribution in [0.15, 0.2) is 176 Å². The van der Waals surface area contributed by atoms with E-state index in [0.717, 1.165) is 11.4 Å². The van der Waals surface area contributed by atoms with Crippen LogP contribution in [-0.4, -0.2) is 0 Å². The van der Waals surface area contributed by atoms with Crippen LogP contribution >= 0.6 is 11.3 Å². The van der Waals surface area contributed by atoms with Gasteiger partial charge in [0.15, 0.2) is 0 Å². The number of fused-ring (bicyclic) bond motifs is 5. The van der Waals surface area contributed by atoms with Crippen molar-refractivity contribution in [3.05, 3.63) is 176 Å². The summed E-state index contributed by atoms with van der Waals surface area (Å²) >= 11 is 1.86. The van der Waals surface area contributed by atoms with Gasteiger partial charge in [-0.3, -0.25) is 0 Å². The molecule has 1 aromatic heterocycles. The summed E-state index contributed by atoms with van der Waals surface area (Å²) in [5.41, 5.74) is 8.35. The normalized spacial score (nSPS) is 11.5. The highest BCUT2D eigenvalue weighted by atomic mass is 32.1. The third-order valence-corrected chi connectivity index (χ3v) is 10.2. The molecule has 8 aromatic carbocycles. The van der Waals surface area contributed by atoms with Crippen LogP contribution in [0.5, 0.6) is 0 Å². The van der Waals surface area contributed by atoms with Crippen LogP contribution in [0.1, 0.15) is 0 Å². The zero-order chi connectivity index (χ0) is 30.5. The van der Waals surface area contributed by atoms with Gasteiger partial charge >= 0.3 is 0 Å². The quantitative estimate of drug-likeness (QED) is 0.189. The average Bonchev–Trinajstić information content (AvgIpc) is 3.50. The van der Waals surface area contributed by atoms with Crippen molar-refractivity contribution in [2.45, 2.75) is 0 Å². The van der Waals surface area contributed by atoms with Crippen molar-refractivity contribution in [3.8, 4) is 22.3 Å². The van der Waals surface area contributed by atoms with Crippen LogP contribution < -0.4 is 4.90 Å². The summed E-state index contributed by atoms with van der Waals surface area (Å²) in [6, 6.07) is 64.0. The topological polar surface area (TPSA) is 3.24 Å². The van der Waals surface area contributed by atoms with Crippen LogP contribution in [0.4, 0.5) is 17.1 Å². The standard InChI is InChI=1S/C44H29NS/c1-3-16-37-31(10-1)12-8-19-38(37)34-15-7-14-33(28-34)30-22-24-35(25-23-30)45(42-20-9-13-32-11-2-4-17-39(32)42)36-26-27-41-40-18-5-6-21-43(40)46-44(41)29-36/h1-29H. The molecule has 216 valence electrons. The highest BCUT2D eigenvalue weighted by Gasteiger charge is 2.17. The van der Waals surface area contributed by atoms with E-state index in [1.165, 1.54) is 69.7 Å². The largest absolute Gasteiger partial charge is 0.310 e. The van der Waals surface area contributed by atoms with Crippen LogP contribution in [0.3, 0.4) is 0 Å². The Labute approximate surface area is 272 Å². The van der Waals surface area contributed by atoms with E-state index in [1.807, 2.05) is 11.3 Å². The fourth-order valence-electron chi connectivity index (χ4n) is 6.83. The first kappa shape index (κ1) is 26.7. The van der Waals surface area contributed by atoms with Gasteiger partial charge in [0.2, 0.25) is 0 Å². The van der Waals surface area contributed by atoms with E-state index in [-0.39, 0.29) is 0 Å². The van der Waals surface area contributed by atoms with Gasteiger partial charge in [0, 0.05) is 36.9 Å². The van der Waals surface area contributed by atoms with Gasteiger partial charge < -0.3 is 4.90 Å². The molecular formula is C44H29NS. The smallest absolute Gasteiger partial charge is 0.0540 e. The summed E-state index contributed by atoms with van der Waals surface area (Å²) in [6.07, 6.45) is 0. The van der Waals surface area contributed by atoms with Crippen LogP contribution in [0, 0.1) is 0 Å². The molecule has 0 aliphatic carbocycles. The first-order valence-electron chi connectivity index (χ1n) is 15.7. The Kier molecular flexibility index (Phi) is 6.40. The number of benzene rings is 8. The fraction of sp³-hybridized carbons (Fsp3) is 0. The third-order valence-electron chi connectivity index (χ3n) is 9.05. The molecule has 0 bridgehead atoms. The number of anilines is 3. The van der Waals surface area contributed by atoms with Gasteiger partial charge in [-0.05, 0) is 80.9 Å². The molecule has 0 aliphatic heterocycles. The summed E-state index contributed by atoms with van der Waals surface area (Å²) in [4.78, 5) is 2.41. The number of hydrogen-bond acceptors (Lipinski definition) is 2. The number of thiophene rings is 1. The number of rotatable bonds is 5. The molecule has 0 fully saturated rings. The SMILES string of the molecule is c1cc(-c2ccc(N(c3ccc4c(c3)sc3ccccc34)c3cccc4ccccc34)cc2)cc(-c2cccc3ccccc23)c1. The molecule has 46 heavy (non-hydrogen) atoms. The highest BCUT2D eigenvalue weighted by molar-refractivity contribution is 7.25. The Bertz CT molecular complexity index is 2530. The van der Waals surface area contributed by atoms with E-state index in [2.05, 4.69) is 181 Å². The molecular weight excluding hydrogens is 575 g/mol. The zero-order valence-electron chi connectivity index (χ0n) is 25.1. The lowest BCUT2D eigenvalue weighted by Gasteiger charge is -2.27. The molecule has 0 saturated carbocycles. The van der Waals surface area contributed by atoms with Crippen molar-refractivity contribution < 1.29 is 0 Å². The first-order chi connectivity index (χ1) is 22.8. The van der Waals surface area contributed by atoms with Crippen LogP contribution in [-0.2, 0) is 0 Å². The molecule has 0 saturated heterocycles. The van der Waals surface area contributed by atoms with Crippen molar-refractivity contribution >= 4 is 70.1 Å². The van der Waals surface area contributed by atoms with Gasteiger partial charge in [-0.25, -0.2) is 0 Å². The van der Waals surface area contributed by atoms with Gasteiger partial charge in [0.1, 0.15) is 0 Å². The minimum absolute atomic E-state index is 1.13. The maximum Gasteiger partial charge on any atom is 0.0540 e. The minimum Gasteiger partial charge on any atom is -0.310 e. The summed E-state index contributed by atoms with van der Waals surface area (Å²) in [5, 5.41) is 7.63. The molecule has 1 nitrogen and oxygen atoms in total. The second-order valence-corrected chi connectivity index (χ2v) is 12.9. The van der Waals surface area contributed by atoms with Gasteiger partial charge in [0.25, 0.3) is 0 Å². The maximum atomic E-state index is 2.41. The molecule has 0 unspecified atom stereocenters. The summed E-state index contributed by atoms with van der Waals surface area (Å²) in [6.45, 7) is 0. The lowest BCUT2D eigenvalue weighted by molar-refractivity contribution is 1.30. The molecule has 9 aromatic rings. The Morgan fingerprint density at radius 3 is 1.80 bits per heavy atom. The molecule has 0 spiro atoms. The van der Waals surface area contributed by atoms with Gasteiger partial charge in [-0.15, -0.1) is 11.3 Å². The van der Waals surface area contributed by atoms with Crippen LogP contribution in [0.2, 0.25) is 0 Å². The maximum absolute atomic E-state index is 2.41. The Morgan fingerprint density at radius 1 is 0.348 bits per heavy atom. The average molecular weight is 604 g/mol. The molecule has 2 heteroatoms. The first-order valence-corrected chi connectivity index (χ1v) is 16.5. The monoisotopic (exact) mass is 603 g/mol. The zero-order valence-corrected chi connectivity index (χ0v) is 25.9. The second-order valence-electron chi connectivity index (χ2n) is 11.8. The van der Waals surface area contributed by atoms with Crippen molar-refractivity contribution in [2.75, 3.05) is 4.90 Å². The fourth-order valence-corrected chi connectivity index (χ4v) is 7.97. The van der Waals surface area contributed by atoms with Crippen molar-refractivity contribution in [1.82, 2.24) is 0 Å². The van der Waals surface area contributed by atoms with E-state index >= 15 is 0 Å². The molecule has 0 radical (unpaired) electrons. The Hall–Kier alpha value is -5.70. The van der Waals surface area contributed by atoms with E-state index in [4.69, 9.17) is 0 Å². The van der Waals surface area contributed by atoms with Crippen molar-refractivity contribution in [3.63, 3.8) is 0 Å².